The molecule has 0 spiro atoms. The molecule has 1 aromatic rings. The van der Waals surface area contributed by atoms with Crippen LogP contribution in [0.3, 0.4) is 0 Å². The van der Waals surface area contributed by atoms with E-state index in [1.807, 2.05) is 18.2 Å². The van der Waals surface area contributed by atoms with Gasteiger partial charge in [0.1, 0.15) is 0 Å². The van der Waals surface area contributed by atoms with Gasteiger partial charge in [-0.25, -0.2) is 0 Å². The van der Waals surface area contributed by atoms with Crippen LogP contribution in [0.4, 0.5) is 11.4 Å². The standard InChI is InChI=1S/C17H25N5O3S/c18-14-19-5-4-17(13-19)22-7-6-21(26(22,23)24)16-3-1-2-15(12-16)20-8-10-25-11-9-20/h1-3,12,17,23-24H,4-11,13H2/t17-/m1/s1. The maximum Gasteiger partial charge on any atom is 0.179 e. The molecule has 142 valence electrons. The first-order chi connectivity index (χ1) is 12.6. The van der Waals surface area contributed by atoms with Crippen molar-refractivity contribution in [2.45, 2.75) is 12.5 Å². The van der Waals surface area contributed by atoms with Crippen molar-refractivity contribution in [3.63, 3.8) is 0 Å². The fourth-order valence-corrected chi connectivity index (χ4v) is 5.82. The Bertz CT molecular complexity index is 691. The summed E-state index contributed by atoms with van der Waals surface area (Å²) in [5.74, 6) is 0. The number of ether oxygens (including phenoxy) is 1. The minimum Gasteiger partial charge on any atom is -0.378 e. The fraction of sp³-hybridized carbons (Fsp3) is 0.588. The highest BCUT2D eigenvalue weighted by Crippen LogP contribution is 2.55. The summed E-state index contributed by atoms with van der Waals surface area (Å²) in [7, 11) is -3.06. The van der Waals surface area contributed by atoms with Gasteiger partial charge in [0.2, 0.25) is 0 Å². The van der Waals surface area contributed by atoms with Gasteiger partial charge in [0.05, 0.1) is 31.5 Å². The van der Waals surface area contributed by atoms with E-state index >= 15 is 0 Å². The highest BCUT2D eigenvalue weighted by molar-refractivity contribution is 8.23. The largest absolute Gasteiger partial charge is 0.378 e. The summed E-state index contributed by atoms with van der Waals surface area (Å²) < 4.78 is 30.8. The summed E-state index contributed by atoms with van der Waals surface area (Å²) in [5, 5.41) is 9.06. The minimum atomic E-state index is -3.06. The molecule has 3 aliphatic rings. The van der Waals surface area contributed by atoms with Gasteiger partial charge in [-0.2, -0.15) is 9.57 Å². The van der Waals surface area contributed by atoms with Crippen molar-refractivity contribution < 1.29 is 13.8 Å². The topological polar surface area (TPSA) is 86.4 Å². The van der Waals surface area contributed by atoms with E-state index in [9.17, 15) is 9.11 Å². The number of nitriles is 1. The van der Waals surface area contributed by atoms with Gasteiger partial charge in [-0.3, -0.25) is 13.4 Å². The van der Waals surface area contributed by atoms with Crippen LogP contribution >= 0.6 is 11.0 Å². The van der Waals surface area contributed by atoms with Gasteiger partial charge < -0.3 is 14.5 Å². The number of nitrogens with zero attached hydrogens (tertiary/aromatic N) is 5. The van der Waals surface area contributed by atoms with Crippen LogP contribution in [0, 0.1) is 11.5 Å². The number of rotatable bonds is 3. The van der Waals surface area contributed by atoms with Crippen LogP contribution in [-0.2, 0) is 4.74 Å². The van der Waals surface area contributed by atoms with E-state index in [4.69, 9.17) is 10.00 Å². The van der Waals surface area contributed by atoms with E-state index in [1.54, 1.807) is 13.5 Å². The second-order valence-electron chi connectivity index (χ2n) is 6.84. The van der Waals surface area contributed by atoms with Crippen LogP contribution in [-0.4, -0.2) is 76.8 Å². The highest BCUT2D eigenvalue weighted by atomic mass is 32.3. The van der Waals surface area contributed by atoms with Crippen molar-refractivity contribution in [1.82, 2.24) is 9.21 Å². The molecule has 1 atom stereocenters. The van der Waals surface area contributed by atoms with Crippen molar-refractivity contribution >= 4 is 22.3 Å². The number of morpholine rings is 1. The molecule has 9 heteroatoms. The van der Waals surface area contributed by atoms with Crippen LogP contribution in [0.2, 0.25) is 0 Å². The van der Waals surface area contributed by atoms with Gasteiger partial charge in [-0.05, 0) is 24.6 Å². The third-order valence-electron chi connectivity index (χ3n) is 5.34. The molecule has 1 aromatic carbocycles. The quantitative estimate of drug-likeness (QED) is 0.769. The number of anilines is 2. The lowest BCUT2D eigenvalue weighted by Gasteiger charge is -2.45. The number of benzene rings is 1. The van der Waals surface area contributed by atoms with Gasteiger partial charge in [0.25, 0.3) is 0 Å². The maximum atomic E-state index is 10.9. The maximum absolute atomic E-state index is 10.9. The molecular formula is C17H25N5O3S. The van der Waals surface area contributed by atoms with Crippen LogP contribution in [0.15, 0.2) is 24.3 Å². The molecule has 0 aromatic heterocycles. The van der Waals surface area contributed by atoms with E-state index in [0.29, 0.717) is 39.4 Å². The molecule has 0 unspecified atom stereocenters. The molecule has 8 nitrogen and oxygen atoms in total. The average molecular weight is 379 g/mol. The van der Waals surface area contributed by atoms with Crippen molar-refractivity contribution in [3.8, 4) is 6.19 Å². The zero-order valence-corrected chi connectivity index (χ0v) is 15.5. The second-order valence-corrected chi connectivity index (χ2v) is 8.73. The van der Waals surface area contributed by atoms with Gasteiger partial charge in [0.15, 0.2) is 6.19 Å². The molecule has 3 aliphatic heterocycles. The fourth-order valence-electron chi connectivity index (χ4n) is 3.95. The molecule has 26 heavy (non-hydrogen) atoms. The second kappa shape index (κ2) is 7.13. The summed E-state index contributed by atoms with van der Waals surface area (Å²) >= 11 is 0. The predicted octanol–water partition coefficient (Wildman–Crippen LogP) is 1.78. The summed E-state index contributed by atoms with van der Waals surface area (Å²) in [6.07, 6.45) is 2.94. The predicted molar refractivity (Wildman–Crippen MR) is 102 cm³/mol. The molecule has 3 fully saturated rings. The molecule has 3 heterocycles. The highest BCUT2D eigenvalue weighted by Gasteiger charge is 2.43. The lowest BCUT2D eigenvalue weighted by molar-refractivity contribution is 0.122. The van der Waals surface area contributed by atoms with Gasteiger partial charge in [-0.15, -0.1) is 0 Å². The van der Waals surface area contributed by atoms with E-state index in [2.05, 4.69) is 17.2 Å². The van der Waals surface area contributed by atoms with Crippen LogP contribution in [0.5, 0.6) is 0 Å². The first-order valence-electron chi connectivity index (χ1n) is 9.00. The molecule has 0 bridgehead atoms. The van der Waals surface area contributed by atoms with Crippen molar-refractivity contribution in [2.24, 2.45) is 0 Å². The molecule has 3 saturated heterocycles. The zero-order chi connectivity index (χ0) is 18.1. The third-order valence-corrected chi connectivity index (χ3v) is 7.43. The monoisotopic (exact) mass is 379 g/mol. The smallest absolute Gasteiger partial charge is 0.179 e. The van der Waals surface area contributed by atoms with Gasteiger partial charge in [0, 0.05) is 38.4 Å². The van der Waals surface area contributed by atoms with E-state index < -0.39 is 11.0 Å². The number of hydrogen-bond donors (Lipinski definition) is 2. The Morgan fingerprint density at radius 1 is 1.08 bits per heavy atom. The van der Waals surface area contributed by atoms with Crippen molar-refractivity contribution in [2.75, 3.05) is 61.7 Å². The lowest BCUT2D eigenvalue weighted by Crippen LogP contribution is -2.38. The van der Waals surface area contributed by atoms with Crippen molar-refractivity contribution in [3.05, 3.63) is 24.3 Å². The third kappa shape index (κ3) is 3.19. The van der Waals surface area contributed by atoms with Crippen LogP contribution in [0.1, 0.15) is 6.42 Å². The van der Waals surface area contributed by atoms with Crippen LogP contribution < -0.4 is 9.21 Å². The molecule has 0 amide bonds. The Morgan fingerprint density at radius 2 is 1.85 bits per heavy atom. The molecule has 0 radical (unpaired) electrons. The molecule has 4 rings (SSSR count). The van der Waals surface area contributed by atoms with Gasteiger partial charge in [-0.1, -0.05) is 17.0 Å². The van der Waals surface area contributed by atoms with Crippen LogP contribution in [0.25, 0.3) is 0 Å². The minimum absolute atomic E-state index is 0.00655. The van der Waals surface area contributed by atoms with Gasteiger partial charge >= 0.3 is 0 Å². The summed E-state index contributed by atoms with van der Waals surface area (Å²) in [6, 6.07) is 7.98. The molecule has 0 saturated carbocycles. The first kappa shape index (κ1) is 17.7. The summed E-state index contributed by atoms with van der Waals surface area (Å²) in [4.78, 5) is 3.94. The average Bonchev–Trinajstić information content (AvgIpc) is 3.26. The Balaban J connectivity index is 1.52. The summed E-state index contributed by atoms with van der Waals surface area (Å²) in [6.45, 7) is 5.53. The van der Waals surface area contributed by atoms with E-state index in [-0.39, 0.29) is 6.04 Å². The SMILES string of the molecule is N#CN1CC[C@@H](N2CCN(c3cccc(N4CCOCC4)c3)S2(O)O)C1. The zero-order valence-electron chi connectivity index (χ0n) is 14.7. The first-order valence-corrected chi connectivity index (χ1v) is 10.5. The Labute approximate surface area is 155 Å². The molecule has 0 aliphatic carbocycles. The Morgan fingerprint density at radius 3 is 2.58 bits per heavy atom. The van der Waals surface area contributed by atoms with E-state index in [0.717, 1.165) is 30.9 Å². The summed E-state index contributed by atoms with van der Waals surface area (Å²) in [5.41, 5.74) is 1.91. The normalized spacial score (nSPS) is 27.6. The van der Waals surface area contributed by atoms with Crippen molar-refractivity contribution in [1.29, 1.82) is 5.26 Å². The number of likely N-dealkylation sites (tertiary alicyclic amines) is 1. The Kier molecular flexibility index (Phi) is 4.86. The lowest BCUT2D eigenvalue weighted by atomic mass is 10.2. The number of hydrogen-bond acceptors (Lipinski definition) is 8. The molecule has 2 N–H and O–H groups in total. The Hall–Kier alpha value is -1.70. The molecular weight excluding hydrogens is 354 g/mol. The van der Waals surface area contributed by atoms with E-state index in [1.165, 1.54) is 0 Å².